The molecule has 138 valence electrons. The highest BCUT2D eigenvalue weighted by atomic mass is 16.5. The molecular weight excluding hydrogens is 342 g/mol. The average molecular weight is 363 g/mol. The Hall–Kier alpha value is -3.41. The molecule has 3 aromatic rings. The Balaban J connectivity index is 2.03. The van der Waals surface area contributed by atoms with E-state index >= 15 is 0 Å². The van der Waals surface area contributed by atoms with Crippen LogP contribution in [-0.4, -0.2) is 23.6 Å². The van der Waals surface area contributed by atoms with Crippen LogP contribution in [0.5, 0.6) is 0 Å². The molecule has 2 amide bonds. The standard InChI is InChI=1S/C21H21N3O3/c1-4-27-21(26)24-23-20(25)17-12-19(15-10-9-13(2)11-14(15)3)22-18-8-6-5-7-16(17)18/h5-12H,4H2,1-3H3,(H,23,25)(H,24,26). The van der Waals surface area contributed by atoms with Gasteiger partial charge in [-0.15, -0.1) is 0 Å². The Kier molecular flexibility index (Phi) is 5.35. The average Bonchev–Trinajstić information content (AvgIpc) is 2.65. The van der Waals surface area contributed by atoms with Gasteiger partial charge in [-0.1, -0.05) is 42.0 Å². The zero-order valence-corrected chi connectivity index (χ0v) is 15.5. The van der Waals surface area contributed by atoms with Crippen LogP contribution >= 0.6 is 0 Å². The van der Waals surface area contributed by atoms with Crippen LogP contribution in [0.2, 0.25) is 0 Å². The van der Waals surface area contributed by atoms with E-state index in [2.05, 4.69) is 16.9 Å². The second-order valence-electron chi connectivity index (χ2n) is 6.19. The van der Waals surface area contributed by atoms with Crippen LogP contribution in [0.3, 0.4) is 0 Å². The first kappa shape index (κ1) is 18.4. The lowest BCUT2D eigenvalue weighted by Crippen LogP contribution is -2.42. The van der Waals surface area contributed by atoms with E-state index in [-0.39, 0.29) is 6.61 Å². The van der Waals surface area contributed by atoms with Crippen LogP contribution in [0, 0.1) is 13.8 Å². The Morgan fingerprint density at radius 3 is 2.56 bits per heavy atom. The van der Waals surface area contributed by atoms with Gasteiger partial charge in [-0.25, -0.2) is 15.2 Å². The number of hydrogen-bond acceptors (Lipinski definition) is 4. The third-order valence-electron chi connectivity index (χ3n) is 4.17. The molecule has 6 heteroatoms. The Labute approximate surface area is 157 Å². The zero-order valence-electron chi connectivity index (χ0n) is 15.5. The van der Waals surface area contributed by atoms with Gasteiger partial charge in [0.05, 0.1) is 23.4 Å². The normalized spacial score (nSPS) is 10.5. The predicted octanol–water partition coefficient (Wildman–Crippen LogP) is 3.91. The molecule has 1 aromatic heterocycles. The molecule has 1 heterocycles. The molecule has 0 aliphatic heterocycles. The van der Waals surface area contributed by atoms with E-state index < -0.39 is 12.0 Å². The van der Waals surface area contributed by atoms with Gasteiger partial charge in [-0.3, -0.25) is 10.2 Å². The van der Waals surface area contributed by atoms with Crippen LogP contribution in [0.4, 0.5) is 4.79 Å². The number of hydrazine groups is 1. The van der Waals surface area contributed by atoms with E-state index in [1.807, 2.05) is 50.2 Å². The molecule has 0 aliphatic rings. The van der Waals surface area contributed by atoms with Crippen molar-refractivity contribution in [3.63, 3.8) is 0 Å². The molecule has 6 nitrogen and oxygen atoms in total. The van der Waals surface area contributed by atoms with Gasteiger partial charge in [-0.2, -0.15) is 0 Å². The largest absolute Gasteiger partial charge is 0.449 e. The zero-order chi connectivity index (χ0) is 19.4. The molecule has 0 bridgehead atoms. The summed E-state index contributed by atoms with van der Waals surface area (Å²) in [7, 11) is 0. The number of fused-ring (bicyclic) bond motifs is 1. The van der Waals surface area contributed by atoms with Crippen molar-refractivity contribution >= 4 is 22.9 Å². The quantitative estimate of drug-likeness (QED) is 0.692. The van der Waals surface area contributed by atoms with E-state index in [0.717, 1.165) is 16.7 Å². The summed E-state index contributed by atoms with van der Waals surface area (Å²) in [5.41, 5.74) is 9.66. The van der Waals surface area contributed by atoms with Gasteiger partial charge in [-0.05, 0) is 38.5 Å². The molecule has 0 fully saturated rings. The van der Waals surface area contributed by atoms with Crippen LogP contribution < -0.4 is 10.9 Å². The van der Waals surface area contributed by atoms with Gasteiger partial charge >= 0.3 is 6.09 Å². The van der Waals surface area contributed by atoms with Crippen molar-refractivity contribution in [3.8, 4) is 11.3 Å². The highest BCUT2D eigenvalue weighted by molar-refractivity contribution is 6.07. The summed E-state index contributed by atoms with van der Waals surface area (Å²) in [6.07, 6.45) is -0.709. The first-order valence-electron chi connectivity index (χ1n) is 8.70. The third kappa shape index (κ3) is 4.06. The maximum absolute atomic E-state index is 12.7. The Bertz CT molecular complexity index is 1010. The number of amides is 2. The molecule has 2 aromatic carbocycles. The van der Waals surface area contributed by atoms with Crippen molar-refractivity contribution in [1.82, 2.24) is 15.8 Å². The molecular formula is C21H21N3O3. The minimum Gasteiger partial charge on any atom is -0.449 e. The highest BCUT2D eigenvalue weighted by Crippen LogP contribution is 2.27. The van der Waals surface area contributed by atoms with Gasteiger partial charge in [0.2, 0.25) is 0 Å². The number of para-hydroxylation sites is 1. The van der Waals surface area contributed by atoms with Gasteiger partial charge in [0.25, 0.3) is 5.91 Å². The van der Waals surface area contributed by atoms with Crippen molar-refractivity contribution < 1.29 is 14.3 Å². The summed E-state index contributed by atoms with van der Waals surface area (Å²) in [6.45, 7) is 5.95. The minimum absolute atomic E-state index is 0.219. The molecule has 0 aliphatic carbocycles. The van der Waals surface area contributed by atoms with Gasteiger partial charge in [0, 0.05) is 10.9 Å². The number of carbonyl (C=O) groups is 2. The first-order chi connectivity index (χ1) is 13.0. The predicted molar refractivity (Wildman–Crippen MR) is 104 cm³/mol. The number of hydrogen-bond donors (Lipinski definition) is 2. The molecule has 3 rings (SSSR count). The molecule has 0 unspecified atom stereocenters. The lowest BCUT2D eigenvalue weighted by molar-refractivity contribution is 0.0914. The molecule has 2 N–H and O–H groups in total. The molecule has 27 heavy (non-hydrogen) atoms. The number of pyridine rings is 1. The highest BCUT2D eigenvalue weighted by Gasteiger charge is 2.15. The van der Waals surface area contributed by atoms with Crippen LogP contribution in [0.15, 0.2) is 48.5 Å². The third-order valence-corrected chi connectivity index (χ3v) is 4.17. The van der Waals surface area contributed by atoms with Crippen LogP contribution in [0.25, 0.3) is 22.2 Å². The maximum Gasteiger partial charge on any atom is 0.426 e. The van der Waals surface area contributed by atoms with E-state index in [4.69, 9.17) is 9.72 Å². The number of aryl methyl sites for hydroxylation is 2. The topological polar surface area (TPSA) is 80.3 Å². The van der Waals surface area contributed by atoms with Gasteiger partial charge in [0.1, 0.15) is 0 Å². The second-order valence-corrected chi connectivity index (χ2v) is 6.19. The molecule has 0 atom stereocenters. The minimum atomic E-state index is -0.709. The maximum atomic E-state index is 12.7. The van der Waals surface area contributed by atoms with E-state index in [1.165, 1.54) is 0 Å². The fourth-order valence-electron chi connectivity index (χ4n) is 2.94. The Morgan fingerprint density at radius 2 is 1.81 bits per heavy atom. The number of benzene rings is 2. The summed E-state index contributed by atoms with van der Waals surface area (Å²) in [4.78, 5) is 28.8. The van der Waals surface area contributed by atoms with Crippen molar-refractivity contribution in [2.75, 3.05) is 6.61 Å². The smallest absolute Gasteiger partial charge is 0.426 e. The summed E-state index contributed by atoms with van der Waals surface area (Å²) >= 11 is 0. The van der Waals surface area contributed by atoms with Gasteiger partial charge in [0.15, 0.2) is 0 Å². The van der Waals surface area contributed by atoms with Crippen LogP contribution in [-0.2, 0) is 4.74 Å². The van der Waals surface area contributed by atoms with Crippen molar-refractivity contribution in [2.24, 2.45) is 0 Å². The number of ether oxygens (including phenoxy) is 1. The number of nitrogens with one attached hydrogen (secondary N) is 2. The SMILES string of the molecule is CCOC(=O)NNC(=O)c1cc(-c2ccc(C)cc2C)nc2ccccc12. The molecule has 0 saturated heterocycles. The summed E-state index contributed by atoms with van der Waals surface area (Å²) in [5, 5.41) is 0.703. The monoisotopic (exact) mass is 363 g/mol. The molecule has 0 radical (unpaired) electrons. The molecule has 0 spiro atoms. The van der Waals surface area contributed by atoms with E-state index in [9.17, 15) is 9.59 Å². The summed E-state index contributed by atoms with van der Waals surface area (Å²) in [6, 6.07) is 15.2. The molecule has 0 saturated carbocycles. The lowest BCUT2D eigenvalue weighted by atomic mass is 9.99. The number of nitrogens with zero attached hydrogens (tertiary/aromatic N) is 1. The van der Waals surface area contributed by atoms with Crippen molar-refractivity contribution in [3.05, 3.63) is 65.2 Å². The lowest BCUT2D eigenvalue weighted by Gasteiger charge is -2.12. The van der Waals surface area contributed by atoms with E-state index in [1.54, 1.807) is 13.0 Å². The van der Waals surface area contributed by atoms with Crippen molar-refractivity contribution in [2.45, 2.75) is 20.8 Å². The summed E-state index contributed by atoms with van der Waals surface area (Å²) in [5.74, 6) is -0.437. The Morgan fingerprint density at radius 1 is 1.04 bits per heavy atom. The van der Waals surface area contributed by atoms with E-state index in [0.29, 0.717) is 22.2 Å². The van der Waals surface area contributed by atoms with Crippen LogP contribution in [0.1, 0.15) is 28.4 Å². The van der Waals surface area contributed by atoms with Crippen molar-refractivity contribution in [1.29, 1.82) is 0 Å². The number of rotatable bonds is 3. The van der Waals surface area contributed by atoms with Gasteiger partial charge < -0.3 is 4.74 Å². The summed E-state index contributed by atoms with van der Waals surface area (Å²) < 4.78 is 4.76. The fraction of sp³-hybridized carbons (Fsp3) is 0.190. The number of aromatic nitrogens is 1. The first-order valence-corrected chi connectivity index (χ1v) is 8.70. The number of carbonyl (C=O) groups excluding carboxylic acids is 2. The second kappa shape index (κ2) is 7.86. The fourth-order valence-corrected chi connectivity index (χ4v) is 2.94.